The molecule has 29 heavy (non-hydrogen) atoms. The molecule has 0 spiro atoms. The summed E-state index contributed by atoms with van der Waals surface area (Å²) in [4.78, 5) is 27.1. The van der Waals surface area contributed by atoms with Gasteiger partial charge in [0, 0.05) is 23.2 Å². The fraction of sp³-hybridized carbons (Fsp3) is 0.400. The van der Waals surface area contributed by atoms with Gasteiger partial charge in [0.1, 0.15) is 11.5 Å². The van der Waals surface area contributed by atoms with Crippen LogP contribution in [-0.4, -0.2) is 37.1 Å². The first-order valence-corrected chi connectivity index (χ1v) is 9.66. The van der Waals surface area contributed by atoms with E-state index in [0.717, 1.165) is 38.1 Å². The van der Waals surface area contributed by atoms with Crippen LogP contribution < -0.4 is 5.32 Å². The number of aromatic nitrogens is 4. The first-order valence-electron chi connectivity index (χ1n) is 9.66. The van der Waals surface area contributed by atoms with Gasteiger partial charge in [-0.05, 0) is 43.6 Å². The number of anilines is 1. The molecule has 2 atom stereocenters. The molecule has 150 valence electrons. The summed E-state index contributed by atoms with van der Waals surface area (Å²) in [5, 5.41) is 13.3. The summed E-state index contributed by atoms with van der Waals surface area (Å²) in [6.45, 7) is 0. The van der Waals surface area contributed by atoms with Gasteiger partial charge in [-0.15, -0.1) is 0 Å². The zero-order valence-electron chi connectivity index (χ0n) is 15.4. The second-order valence-electron chi connectivity index (χ2n) is 7.85. The molecular formula is C20H19F2N5O2. The van der Waals surface area contributed by atoms with Crippen LogP contribution in [0.15, 0.2) is 24.7 Å². The largest absolute Gasteiger partial charge is 0.481 e. The summed E-state index contributed by atoms with van der Waals surface area (Å²) in [5.41, 5.74) is 0.967. The summed E-state index contributed by atoms with van der Waals surface area (Å²) in [6, 6.07) is 0.938. The number of halogens is 2. The fourth-order valence-electron chi connectivity index (χ4n) is 4.93. The highest BCUT2D eigenvalue weighted by Crippen LogP contribution is 2.46. The van der Waals surface area contributed by atoms with E-state index >= 15 is 0 Å². The Morgan fingerprint density at radius 2 is 1.90 bits per heavy atom. The average Bonchev–Trinajstić information content (AvgIpc) is 3.13. The molecule has 3 saturated carbocycles. The van der Waals surface area contributed by atoms with Crippen LogP contribution in [0.3, 0.4) is 0 Å². The lowest BCUT2D eigenvalue weighted by atomic mass is 9.61. The Kier molecular flexibility index (Phi) is 4.18. The number of H-pyrrole nitrogens is 1. The topological polar surface area (TPSA) is 104 Å². The van der Waals surface area contributed by atoms with Gasteiger partial charge in [0.15, 0.2) is 17.5 Å². The van der Waals surface area contributed by atoms with Crippen molar-refractivity contribution in [3.63, 3.8) is 0 Å². The first kappa shape index (κ1) is 18.0. The minimum absolute atomic E-state index is 0.0301. The van der Waals surface area contributed by atoms with Crippen LogP contribution in [0.2, 0.25) is 0 Å². The third-order valence-electron chi connectivity index (χ3n) is 6.29. The maximum Gasteiger partial charge on any atom is 0.308 e. The Labute approximate surface area is 164 Å². The smallest absolute Gasteiger partial charge is 0.308 e. The minimum Gasteiger partial charge on any atom is -0.481 e. The quantitative estimate of drug-likeness (QED) is 0.619. The lowest BCUT2D eigenvalue weighted by Crippen LogP contribution is -2.51. The lowest BCUT2D eigenvalue weighted by molar-refractivity contribution is -0.148. The molecule has 0 aromatic carbocycles. The number of carboxylic acids is 1. The second-order valence-corrected chi connectivity index (χ2v) is 7.85. The Bertz CT molecular complexity index is 1090. The summed E-state index contributed by atoms with van der Waals surface area (Å²) in [5.74, 6) is -2.12. The second kappa shape index (κ2) is 6.75. The Morgan fingerprint density at radius 3 is 2.66 bits per heavy atom. The number of nitrogens with one attached hydrogen (secondary N) is 2. The monoisotopic (exact) mass is 399 g/mol. The van der Waals surface area contributed by atoms with Gasteiger partial charge >= 0.3 is 5.97 Å². The Balaban J connectivity index is 1.51. The normalized spacial score (nSPS) is 26.0. The van der Waals surface area contributed by atoms with Gasteiger partial charge in [0.05, 0.1) is 18.3 Å². The Hall–Kier alpha value is -3.10. The van der Waals surface area contributed by atoms with Crippen molar-refractivity contribution >= 4 is 22.8 Å². The van der Waals surface area contributed by atoms with Crippen molar-refractivity contribution in [2.45, 2.75) is 31.7 Å². The maximum atomic E-state index is 14.5. The van der Waals surface area contributed by atoms with Crippen molar-refractivity contribution in [3.05, 3.63) is 36.3 Å². The van der Waals surface area contributed by atoms with E-state index in [0.29, 0.717) is 16.6 Å². The molecule has 0 saturated heterocycles. The van der Waals surface area contributed by atoms with Gasteiger partial charge in [0.2, 0.25) is 0 Å². The van der Waals surface area contributed by atoms with Gasteiger partial charge in [0.25, 0.3) is 0 Å². The summed E-state index contributed by atoms with van der Waals surface area (Å²) < 4.78 is 28.1. The minimum atomic E-state index is -0.857. The number of pyridine rings is 1. The number of hydrogen-bond acceptors (Lipinski definition) is 5. The predicted octanol–water partition coefficient (Wildman–Crippen LogP) is 3.60. The van der Waals surface area contributed by atoms with Crippen LogP contribution in [0.4, 0.5) is 14.6 Å². The van der Waals surface area contributed by atoms with Gasteiger partial charge in [-0.2, -0.15) is 0 Å². The van der Waals surface area contributed by atoms with Gasteiger partial charge in [-0.25, -0.2) is 23.7 Å². The molecule has 2 bridgehead atoms. The van der Waals surface area contributed by atoms with Crippen molar-refractivity contribution in [1.82, 2.24) is 19.9 Å². The van der Waals surface area contributed by atoms with E-state index in [1.807, 2.05) is 0 Å². The zero-order chi connectivity index (χ0) is 20.1. The summed E-state index contributed by atoms with van der Waals surface area (Å²) in [6.07, 6.45) is 7.39. The van der Waals surface area contributed by atoms with E-state index < -0.39 is 23.5 Å². The number of aromatic amines is 1. The molecule has 0 radical (unpaired) electrons. The number of fused-ring (bicyclic) bond motifs is 4. The molecule has 3 N–H and O–H groups in total. The van der Waals surface area contributed by atoms with Crippen molar-refractivity contribution in [3.8, 4) is 11.4 Å². The highest BCUT2D eigenvalue weighted by Gasteiger charge is 2.47. The van der Waals surface area contributed by atoms with Crippen LogP contribution in [-0.2, 0) is 4.79 Å². The van der Waals surface area contributed by atoms with Crippen molar-refractivity contribution in [2.24, 2.45) is 17.8 Å². The lowest BCUT2D eigenvalue weighted by Gasteiger charge is -2.47. The first-order chi connectivity index (χ1) is 14.0. The molecule has 9 heteroatoms. The third-order valence-corrected chi connectivity index (χ3v) is 6.29. The molecule has 3 fully saturated rings. The van der Waals surface area contributed by atoms with E-state index in [4.69, 9.17) is 0 Å². The van der Waals surface area contributed by atoms with Crippen molar-refractivity contribution < 1.29 is 18.7 Å². The molecule has 0 aliphatic heterocycles. The van der Waals surface area contributed by atoms with E-state index in [2.05, 4.69) is 25.3 Å². The molecular weight excluding hydrogens is 380 g/mol. The Morgan fingerprint density at radius 1 is 1.14 bits per heavy atom. The van der Waals surface area contributed by atoms with Crippen LogP contribution in [0, 0.1) is 29.4 Å². The molecule has 1 unspecified atom stereocenters. The van der Waals surface area contributed by atoms with E-state index in [9.17, 15) is 18.7 Å². The van der Waals surface area contributed by atoms with E-state index in [1.54, 1.807) is 6.20 Å². The van der Waals surface area contributed by atoms with Crippen LogP contribution in [0.1, 0.15) is 25.7 Å². The number of hydrogen-bond donors (Lipinski definition) is 3. The van der Waals surface area contributed by atoms with E-state index in [1.165, 1.54) is 6.07 Å². The zero-order valence-corrected chi connectivity index (χ0v) is 15.4. The fourth-order valence-corrected chi connectivity index (χ4v) is 4.93. The molecule has 7 nitrogen and oxygen atoms in total. The standard InChI is InChI=1S/C20H19F2N5O2/c21-11-5-12-13(7-24-17(12)23-6-11)18-25-8-14(22)19(27-18)26-16-10-3-1-9(2-4-10)15(16)20(28)29/h5-10,15-16H,1-4H2,(H,23,24)(H,28,29)(H,25,26,27)/t9-,10+,15-,16?/m0/s1. The highest BCUT2D eigenvalue weighted by atomic mass is 19.1. The van der Waals surface area contributed by atoms with E-state index in [-0.39, 0.29) is 29.5 Å². The van der Waals surface area contributed by atoms with Crippen LogP contribution in [0.5, 0.6) is 0 Å². The number of nitrogens with zero attached hydrogens (tertiary/aromatic N) is 3. The van der Waals surface area contributed by atoms with Gasteiger partial charge < -0.3 is 15.4 Å². The highest BCUT2D eigenvalue weighted by molar-refractivity contribution is 5.91. The van der Waals surface area contributed by atoms with Crippen LogP contribution >= 0.6 is 0 Å². The molecule has 3 aromatic heterocycles. The molecule has 3 heterocycles. The predicted molar refractivity (Wildman–Crippen MR) is 101 cm³/mol. The average molecular weight is 399 g/mol. The SMILES string of the molecule is O=C(O)[C@@H]1C(Nc2nc(-c3c[nH]c4ncc(F)cc34)ncc2F)[C@H]2CC[C@@H]1CC2. The van der Waals surface area contributed by atoms with Gasteiger partial charge in [-0.1, -0.05) is 0 Å². The van der Waals surface area contributed by atoms with Crippen LogP contribution in [0.25, 0.3) is 22.4 Å². The third kappa shape index (κ3) is 3.01. The number of carbonyl (C=O) groups is 1. The van der Waals surface area contributed by atoms with Crippen molar-refractivity contribution in [1.29, 1.82) is 0 Å². The number of rotatable bonds is 4. The molecule has 3 aliphatic rings. The molecule has 3 aromatic rings. The molecule has 3 aliphatic carbocycles. The number of aliphatic carboxylic acids is 1. The summed E-state index contributed by atoms with van der Waals surface area (Å²) >= 11 is 0. The molecule has 6 rings (SSSR count). The van der Waals surface area contributed by atoms with Crippen molar-refractivity contribution in [2.75, 3.05) is 5.32 Å². The summed E-state index contributed by atoms with van der Waals surface area (Å²) in [7, 11) is 0. The molecule has 0 amide bonds. The van der Waals surface area contributed by atoms with Gasteiger partial charge in [-0.3, -0.25) is 4.79 Å². The number of carboxylic acid groups (broad SMARTS) is 1. The maximum absolute atomic E-state index is 14.5.